The van der Waals surface area contributed by atoms with Crippen molar-refractivity contribution < 1.29 is 23.8 Å². The molecule has 0 atom stereocenters. The van der Waals surface area contributed by atoms with Crippen LogP contribution in [0.1, 0.15) is 27.1 Å². The molecule has 1 rings (SSSR count). The van der Waals surface area contributed by atoms with Gasteiger partial charge in [-0.15, -0.1) is 0 Å². The van der Waals surface area contributed by atoms with E-state index in [1.165, 1.54) is 32.4 Å². The summed E-state index contributed by atoms with van der Waals surface area (Å²) in [5.41, 5.74) is 5.82. The number of nitrogens with two attached hydrogens (primary N) is 1. The number of ether oxygens (including phenoxy) is 3. The molecule has 0 fully saturated rings. The van der Waals surface area contributed by atoms with Crippen LogP contribution in [-0.4, -0.2) is 39.3 Å². The molecule has 0 heterocycles. The highest BCUT2D eigenvalue weighted by atomic mass is 16.5. The van der Waals surface area contributed by atoms with Crippen molar-refractivity contribution in [3.8, 4) is 5.75 Å². The minimum atomic E-state index is -0.547. The number of carbonyl (C=O) groups excluding carboxylic acids is 2. The Morgan fingerprint density at radius 1 is 1.05 bits per heavy atom. The molecule has 0 aromatic heterocycles. The molecule has 0 amide bonds. The van der Waals surface area contributed by atoms with Crippen LogP contribution in [0.4, 0.5) is 0 Å². The predicted octanol–water partition coefficient (Wildman–Crippen LogP) is 0.987. The lowest BCUT2D eigenvalue weighted by Crippen LogP contribution is -2.09. The largest absolute Gasteiger partial charge is 0.493 e. The van der Waals surface area contributed by atoms with Crippen molar-refractivity contribution in [3.05, 3.63) is 29.3 Å². The highest BCUT2D eigenvalue weighted by molar-refractivity contribution is 5.96. The summed E-state index contributed by atoms with van der Waals surface area (Å²) in [5.74, 6) is -0.694. The summed E-state index contributed by atoms with van der Waals surface area (Å²) in [4.78, 5) is 23.0. The van der Waals surface area contributed by atoms with E-state index in [-0.39, 0.29) is 11.1 Å². The third kappa shape index (κ3) is 4.26. The fraction of sp³-hybridized carbons (Fsp3) is 0.385. The summed E-state index contributed by atoms with van der Waals surface area (Å²) in [6, 6.07) is 4.41. The Kier molecular flexibility index (Phi) is 5.81. The first-order valence-corrected chi connectivity index (χ1v) is 5.77. The van der Waals surface area contributed by atoms with Crippen LogP contribution in [0.3, 0.4) is 0 Å². The number of carbonyl (C=O) groups is 2. The molecule has 0 bridgehead atoms. The van der Waals surface area contributed by atoms with E-state index in [0.717, 1.165) is 0 Å². The lowest BCUT2D eigenvalue weighted by atomic mass is 10.1. The molecule has 6 heteroatoms. The van der Waals surface area contributed by atoms with Crippen LogP contribution in [0.5, 0.6) is 5.75 Å². The van der Waals surface area contributed by atoms with Gasteiger partial charge in [0.2, 0.25) is 0 Å². The fourth-order valence-corrected chi connectivity index (χ4v) is 1.43. The van der Waals surface area contributed by atoms with Gasteiger partial charge < -0.3 is 19.9 Å². The van der Waals surface area contributed by atoms with Gasteiger partial charge in [-0.3, -0.25) is 0 Å². The van der Waals surface area contributed by atoms with Gasteiger partial charge in [0.1, 0.15) is 5.75 Å². The Morgan fingerprint density at radius 3 is 2.00 bits per heavy atom. The lowest BCUT2D eigenvalue weighted by Gasteiger charge is -2.09. The van der Waals surface area contributed by atoms with E-state index in [0.29, 0.717) is 25.3 Å². The molecule has 6 nitrogen and oxygen atoms in total. The first kappa shape index (κ1) is 15.0. The van der Waals surface area contributed by atoms with Crippen LogP contribution in [-0.2, 0) is 9.47 Å². The zero-order valence-corrected chi connectivity index (χ0v) is 11.0. The van der Waals surface area contributed by atoms with Crippen molar-refractivity contribution in [1.29, 1.82) is 0 Å². The van der Waals surface area contributed by atoms with Gasteiger partial charge in [0.05, 0.1) is 32.0 Å². The number of methoxy groups -OCH3 is 2. The Bertz CT molecular complexity index is 424. The molecule has 0 spiro atoms. The van der Waals surface area contributed by atoms with Gasteiger partial charge >= 0.3 is 11.9 Å². The zero-order valence-electron chi connectivity index (χ0n) is 11.0. The molecule has 19 heavy (non-hydrogen) atoms. The van der Waals surface area contributed by atoms with E-state index in [2.05, 4.69) is 9.47 Å². The molecule has 0 saturated carbocycles. The second-order valence-electron chi connectivity index (χ2n) is 3.72. The van der Waals surface area contributed by atoms with Crippen LogP contribution in [0, 0.1) is 0 Å². The van der Waals surface area contributed by atoms with Crippen LogP contribution in [0.25, 0.3) is 0 Å². The molecule has 0 aliphatic carbocycles. The maximum atomic E-state index is 11.5. The van der Waals surface area contributed by atoms with E-state index in [9.17, 15) is 9.59 Å². The third-order valence-electron chi connectivity index (χ3n) is 2.37. The van der Waals surface area contributed by atoms with E-state index < -0.39 is 11.9 Å². The average Bonchev–Trinajstić information content (AvgIpc) is 2.45. The Hall–Kier alpha value is -2.08. The molecule has 104 valence electrons. The number of hydrogen-bond acceptors (Lipinski definition) is 6. The second kappa shape index (κ2) is 7.38. The van der Waals surface area contributed by atoms with E-state index >= 15 is 0 Å². The van der Waals surface area contributed by atoms with Gasteiger partial charge in [0.15, 0.2) is 0 Å². The number of esters is 2. The number of benzene rings is 1. The van der Waals surface area contributed by atoms with Crippen molar-refractivity contribution in [2.24, 2.45) is 5.73 Å². The molecule has 0 saturated heterocycles. The van der Waals surface area contributed by atoms with Crippen LogP contribution in [0.15, 0.2) is 18.2 Å². The lowest BCUT2D eigenvalue weighted by molar-refractivity contribution is 0.0598. The Morgan fingerprint density at radius 2 is 1.58 bits per heavy atom. The quantitative estimate of drug-likeness (QED) is 0.610. The average molecular weight is 267 g/mol. The maximum absolute atomic E-state index is 11.5. The standard InChI is InChI=1S/C13H17NO5/c1-17-12(15)9-6-10(13(16)18-2)8-11(7-9)19-5-3-4-14/h6-8H,3-5,14H2,1-2H3. The van der Waals surface area contributed by atoms with Crippen LogP contribution < -0.4 is 10.5 Å². The molecule has 0 aliphatic rings. The Labute approximate surface area is 111 Å². The van der Waals surface area contributed by atoms with E-state index in [1.54, 1.807) is 0 Å². The third-order valence-corrected chi connectivity index (χ3v) is 2.37. The first-order chi connectivity index (χ1) is 9.12. The molecular formula is C13H17NO5. The van der Waals surface area contributed by atoms with Gasteiger partial charge in [-0.25, -0.2) is 9.59 Å². The van der Waals surface area contributed by atoms with Crippen LogP contribution in [0.2, 0.25) is 0 Å². The minimum Gasteiger partial charge on any atom is -0.493 e. The van der Waals surface area contributed by atoms with E-state index in [1.807, 2.05) is 0 Å². The topological polar surface area (TPSA) is 87.9 Å². The van der Waals surface area contributed by atoms with Crippen molar-refractivity contribution in [3.63, 3.8) is 0 Å². The SMILES string of the molecule is COC(=O)c1cc(OCCCN)cc(C(=O)OC)c1. The number of rotatable bonds is 6. The smallest absolute Gasteiger partial charge is 0.338 e. The molecule has 0 aliphatic heterocycles. The van der Waals surface area contributed by atoms with Crippen molar-refractivity contribution in [2.45, 2.75) is 6.42 Å². The predicted molar refractivity (Wildman–Crippen MR) is 68.3 cm³/mol. The van der Waals surface area contributed by atoms with Crippen molar-refractivity contribution in [1.82, 2.24) is 0 Å². The number of hydrogen-bond donors (Lipinski definition) is 1. The molecule has 1 aromatic carbocycles. The first-order valence-electron chi connectivity index (χ1n) is 5.77. The highest BCUT2D eigenvalue weighted by Gasteiger charge is 2.14. The van der Waals surface area contributed by atoms with Gasteiger partial charge in [0, 0.05) is 0 Å². The molecular weight excluding hydrogens is 250 g/mol. The fourth-order valence-electron chi connectivity index (χ4n) is 1.43. The summed E-state index contributed by atoms with van der Waals surface area (Å²) < 4.78 is 14.7. The summed E-state index contributed by atoms with van der Waals surface area (Å²) in [7, 11) is 2.53. The molecule has 0 unspecified atom stereocenters. The second-order valence-corrected chi connectivity index (χ2v) is 3.72. The van der Waals surface area contributed by atoms with Gasteiger partial charge in [-0.1, -0.05) is 0 Å². The molecule has 2 N–H and O–H groups in total. The monoisotopic (exact) mass is 267 g/mol. The summed E-state index contributed by atoms with van der Waals surface area (Å²) >= 11 is 0. The minimum absolute atomic E-state index is 0.230. The van der Waals surface area contributed by atoms with E-state index in [4.69, 9.17) is 10.5 Å². The molecule has 1 aromatic rings. The summed E-state index contributed by atoms with van der Waals surface area (Å²) in [6.07, 6.45) is 0.677. The van der Waals surface area contributed by atoms with Gasteiger partial charge in [-0.05, 0) is 31.2 Å². The summed E-state index contributed by atoms with van der Waals surface area (Å²) in [6.45, 7) is 0.905. The maximum Gasteiger partial charge on any atom is 0.338 e. The van der Waals surface area contributed by atoms with Gasteiger partial charge in [-0.2, -0.15) is 0 Å². The molecule has 0 radical (unpaired) electrons. The summed E-state index contributed by atoms with van der Waals surface area (Å²) in [5, 5.41) is 0. The van der Waals surface area contributed by atoms with Crippen LogP contribution >= 0.6 is 0 Å². The zero-order chi connectivity index (χ0) is 14.3. The highest BCUT2D eigenvalue weighted by Crippen LogP contribution is 2.19. The normalized spacial score (nSPS) is 9.84. The van der Waals surface area contributed by atoms with Crippen molar-refractivity contribution in [2.75, 3.05) is 27.4 Å². The Balaban J connectivity index is 3.02. The van der Waals surface area contributed by atoms with Gasteiger partial charge in [0.25, 0.3) is 0 Å². The van der Waals surface area contributed by atoms with Crippen molar-refractivity contribution >= 4 is 11.9 Å².